The molecule has 0 aliphatic heterocycles. The van der Waals surface area contributed by atoms with E-state index in [-0.39, 0.29) is 22.9 Å². The molecule has 29 heavy (non-hydrogen) atoms. The Kier molecular flexibility index (Phi) is 5.47. The summed E-state index contributed by atoms with van der Waals surface area (Å²) in [5.41, 5.74) is 2.48. The highest BCUT2D eigenvalue weighted by atomic mass is 16.2. The van der Waals surface area contributed by atoms with Gasteiger partial charge in [-0.05, 0) is 56.2 Å². The van der Waals surface area contributed by atoms with Crippen LogP contribution < -0.4 is 10.7 Å². The van der Waals surface area contributed by atoms with Crippen LogP contribution in [0.15, 0.2) is 53.5 Å². The summed E-state index contributed by atoms with van der Waals surface area (Å²) in [6.07, 6.45) is 5.85. The largest absolute Gasteiger partial charge is 0.349 e. The normalized spacial score (nSPS) is 19.2. The first-order chi connectivity index (χ1) is 14.0. The zero-order valence-electron chi connectivity index (χ0n) is 17.0. The minimum atomic E-state index is -0.279. The summed E-state index contributed by atoms with van der Waals surface area (Å²) in [5, 5.41) is 3.57. The fourth-order valence-corrected chi connectivity index (χ4v) is 4.09. The Balaban J connectivity index is 1.72. The van der Waals surface area contributed by atoms with Gasteiger partial charge in [0.25, 0.3) is 5.91 Å². The lowest BCUT2D eigenvalue weighted by atomic mass is 9.87. The van der Waals surface area contributed by atoms with Crippen LogP contribution in [0.1, 0.15) is 54.2 Å². The number of pyridine rings is 2. The number of amides is 1. The number of nitrogens with zero attached hydrogens (tertiary/aromatic N) is 2. The molecule has 1 N–H and O–H groups in total. The summed E-state index contributed by atoms with van der Waals surface area (Å²) < 4.78 is 1.91. The molecule has 1 fully saturated rings. The Morgan fingerprint density at radius 3 is 2.55 bits per heavy atom. The average Bonchev–Trinajstić information content (AvgIpc) is 2.72. The zero-order valence-corrected chi connectivity index (χ0v) is 17.0. The molecule has 1 aliphatic rings. The first-order valence-electron chi connectivity index (χ1n) is 10.4. The van der Waals surface area contributed by atoms with E-state index in [9.17, 15) is 9.59 Å². The fourth-order valence-electron chi connectivity index (χ4n) is 4.09. The van der Waals surface area contributed by atoms with E-state index in [1.165, 1.54) is 0 Å². The molecule has 0 saturated heterocycles. The number of benzene rings is 1. The molecule has 3 aromatic rings. The van der Waals surface area contributed by atoms with Crippen molar-refractivity contribution in [1.29, 1.82) is 0 Å². The minimum absolute atomic E-state index is 0.146. The molecule has 0 unspecified atom stereocenters. The lowest BCUT2D eigenvalue weighted by molar-refractivity contribution is 0.0921. The molecule has 1 amide bonds. The summed E-state index contributed by atoms with van der Waals surface area (Å²) in [4.78, 5) is 30.6. The van der Waals surface area contributed by atoms with E-state index in [1.807, 2.05) is 47.9 Å². The van der Waals surface area contributed by atoms with Gasteiger partial charge in [-0.1, -0.05) is 37.3 Å². The molecular weight excluding hydrogens is 362 g/mol. The van der Waals surface area contributed by atoms with Gasteiger partial charge in [-0.2, -0.15) is 0 Å². The van der Waals surface area contributed by atoms with Gasteiger partial charge in [-0.3, -0.25) is 9.59 Å². The topological polar surface area (TPSA) is 64.0 Å². The van der Waals surface area contributed by atoms with Gasteiger partial charge >= 0.3 is 0 Å². The summed E-state index contributed by atoms with van der Waals surface area (Å²) in [6.45, 7) is 4.70. The van der Waals surface area contributed by atoms with Crippen LogP contribution in [0.2, 0.25) is 0 Å². The molecule has 0 atom stereocenters. The molecule has 5 nitrogen and oxygen atoms in total. The van der Waals surface area contributed by atoms with Crippen molar-refractivity contribution in [2.45, 2.75) is 52.1 Å². The van der Waals surface area contributed by atoms with Crippen molar-refractivity contribution in [3.8, 4) is 0 Å². The standard InChI is InChI=1S/C24H27N3O2/c1-16-8-11-19(12-9-16)26-24(29)21-15-27(14-18-6-4-3-5-7-18)23-20(22(21)28)13-10-17(2)25-23/h3-7,10,13,15-16,19H,8-9,11-12,14H2,1-2H3,(H,26,29). The smallest absolute Gasteiger partial charge is 0.256 e. The van der Waals surface area contributed by atoms with Crippen LogP contribution in [0.25, 0.3) is 11.0 Å². The van der Waals surface area contributed by atoms with Gasteiger partial charge in [-0.15, -0.1) is 0 Å². The SMILES string of the molecule is Cc1ccc2c(=O)c(C(=O)NC3CCC(C)CC3)cn(Cc3ccccc3)c2n1. The Hall–Kier alpha value is -2.95. The Morgan fingerprint density at radius 1 is 1.10 bits per heavy atom. The summed E-state index contributed by atoms with van der Waals surface area (Å²) in [7, 11) is 0. The third-order valence-electron chi connectivity index (χ3n) is 5.85. The van der Waals surface area contributed by atoms with Crippen LogP contribution in [-0.2, 0) is 6.54 Å². The summed E-state index contributed by atoms with van der Waals surface area (Å²) >= 11 is 0. The van der Waals surface area contributed by atoms with Gasteiger partial charge in [0.1, 0.15) is 11.2 Å². The minimum Gasteiger partial charge on any atom is -0.349 e. The second-order valence-electron chi connectivity index (χ2n) is 8.24. The second-order valence-corrected chi connectivity index (χ2v) is 8.24. The quantitative estimate of drug-likeness (QED) is 0.732. The lowest BCUT2D eigenvalue weighted by Crippen LogP contribution is -2.39. The Morgan fingerprint density at radius 2 is 1.83 bits per heavy atom. The number of aromatic nitrogens is 2. The third kappa shape index (κ3) is 4.24. The maximum Gasteiger partial charge on any atom is 0.256 e. The molecule has 4 rings (SSSR count). The van der Waals surface area contributed by atoms with Crippen molar-refractivity contribution in [2.75, 3.05) is 0 Å². The van der Waals surface area contributed by atoms with E-state index in [2.05, 4.69) is 17.2 Å². The van der Waals surface area contributed by atoms with Crippen LogP contribution >= 0.6 is 0 Å². The number of rotatable bonds is 4. The molecule has 1 aliphatic carbocycles. The van der Waals surface area contributed by atoms with E-state index in [1.54, 1.807) is 12.3 Å². The first-order valence-corrected chi connectivity index (χ1v) is 10.4. The Labute approximate surface area is 170 Å². The van der Waals surface area contributed by atoms with E-state index in [4.69, 9.17) is 0 Å². The number of carbonyl (C=O) groups excluding carboxylic acids is 1. The van der Waals surface area contributed by atoms with E-state index in [0.717, 1.165) is 36.9 Å². The van der Waals surface area contributed by atoms with Crippen molar-refractivity contribution < 1.29 is 4.79 Å². The highest BCUT2D eigenvalue weighted by Gasteiger charge is 2.23. The number of hydrogen-bond donors (Lipinski definition) is 1. The van der Waals surface area contributed by atoms with E-state index in [0.29, 0.717) is 23.5 Å². The van der Waals surface area contributed by atoms with Crippen LogP contribution in [0.4, 0.5) is 0 Å². The molecule has 2 aromatic heterocycles. The van der Waals surface area contributed by atoms with E-state index < -0.39 is 0 Å². The van der Waals surface area contributed by atoms with Gasteiger partial charge < -0.3 is 9.88 Å². The molecule has 0 bridgehead atoms. The molecule has 0 radical (unpaired) electrons. The number of nitrogens with one attached hydrogen (secondary N) is 1. The first kappa shape index (κ1) is 19.4. The van der Waals surface area contributed by atoms with Crippen LogP contribution in [0.5, 0.6) is 0 Å². The zero-order chi connectivity index (χ0) is 20.4. The van der Waals surface area contributed by atoms with Gasteiger partial charge in [-0.25, -0.2) is 4.98 Å². The maximum absolute atomic E-state index is 13.1. The molecular formula is C24H27N3O2. The van der Waals surface area contributed by atoms with Crippen molar-refractivity contribution in [3.05, 3.63) is 75.7 Å². The van der Waals surface area contributed by atoms with Crippen LogP contribution in [0, 0.1) is 12.8 Å². The maximum atomic E-state index is 13.1. The number of hydrogen-bond acceptors (Lipinski definition) is 3. The molecule has 5 heteroatoms. The highest BCUT2D eigenvalue weighted by molar-refractivity contribution is 5.97. The lowest BCUT2D eigenvalue weighted by Gasteiger charge is -2.27. The molecule has 150 valence electrons. The number of carbonyl (C=O) groups is 1. The van der Waals surface area contributed by atoms with Gasteiger partial charge in [0.05, 0.1) is 5.39 Å². The monoisotopic (exact) mass is 389 g/mol. The Bertz CT molecular complexity index is 1080. The predicted molar refractivity (Wildman–Crippen MR) is 115 cm³/mol. The number of aryl methyl sites for hydroxylation is 1. The van der Waals surface area contributed by atoms with Crippen LogP contribution in [-0.4, -0.2) is 21.5 Å². The van der Waals surface area contributed by atoms with Crippen molar-refractivity contribution in [3.63, 3.8) is 0 Å². The highest BCUT2D eigenvalue weighted by Crippen LogP contribution is 2.23. The van der Waals surface area contributed by atoms with Crippen molar-refractivity contribution in [1.82, 2.24) is 14.9 Å². The molecule has 2 heterocycles. The fraction of sp³-hybridized carbons (Fsp3) is 0.375. The molecule has 1 saturated carbocycles. The predicted octanol–water partition coefficient (Wildman–Crippen LogP) is 4.06. The van der Waals surface area contributed by atoms with Crippen molar-refractivity contribution >= 4 is 16.9 Å². The van der Waals surface area contributed by atoms with Gasteiger partial charge in [0.15, 0.2) is 0 Å². The second kappa shape index (κ2) is 8.19. The summed E-state index contributed by atoms with van der Waals surface area (Å²) in [5.74, 6) is 0.431. The van der Waals surface area contributed by atoms with Gasteiger partial charge in [0, 0.05) is 24.5 Å². The summed E-state index contributed by atoms with van der Waals surface area (Å²) in [6, 6.07) is 13.7. The van der Waals surface area contributed by atoms with Crippen molar-refractivity contribution in [2.24, 2.45) is 5.92 Å². The van der Waals surface area contributed by atoms with Crippen LogP contribution in [0.3, 0.4) is 0 Å². The third-order valence-corrected chi connectivity index (χ3v) is 5.85. The van der Waals surface area contributed by atoms with E-state index >= 15 is 0 Å². The number of fused-ring (bicyclic) bond motifs is 1. The molecule has 0 spiro atoms. The average molecular weight is 389 g/mol. The van der Waals surface area contributed by atoms with Gasteiger partial charge in [0.2, 0.25) is 5.43 Å². The molecule has 1 aromatic carbocycles.